The number of aromatic hydroxyl groups is 1. The molecule has 0 aliphatic rings. The van der Waals surface area contributed by atoms with Crippen LogP contribution in [0.1, 0.15) is 10.4 Å². The van der Waals surface area contributed by atoms with E-state index in [4.69, 9.17) is 5.11 Å². The van der Waals surface area contributed by atoms with Crippen molar-refractivity contribution < 1.29 is 23.1 Å². The van der Waals surface area contributed by atoms with Crippen molar-refractivity contribution in [1.29, 1.82) is 0 Å². The molecule has 2 aromatic carbocycles. The van der Waals surface area contributed by atoms with Crippen molar-refractivity contribution in [3.8, 4) is 5.75 Å². The summed E-state index contributed by atoms with van der Waals surface area (Å²) in [6.45, 7) is 0. The molecule has 0 aliphatic carbocycles. The van der Waals surface area contributed by atoms with Gasteiger partial charge in [-0.15, -0.1) is 0 Å². The standard InChI is InChI=1S/C13H7F3INO2/c14-9-5-8(10(15)12(19)11(9)16)13(20)18-7-3-1-2-6(17)4-7/h1-5,19H,(H,18,20). The summed E-state index contributed by atoms with van der Waals surface area (Å²) < 4.78 is 40.4. The third-order valence-electron chi connectivity index (χ3n) is 2.46. The van der Waals surface area contributed by atoms with Gasteiger partial charge in [-0.05, 0) is 46.9 Å². The first-order valence-corrected chi connectivity index (χ1v) is 6.41. The van der Waals surface area contributed by atoms with Gasteiger partial charge >= 0.3 is 0 Å². The quantitative estimate of drug-likeness (QED) is 0.605. The average Bonchev–Trinajstić information content (AvgIpc) is 2.40. The SMILES string of the molecule is O=C(Nc1cccc(I)c1)c1cc(F)c(F)c(O)c1F. The first-order chi connectivity index (χ1) is 9.40. The Bertz CT molecular complexity index is 692. The second-order valence-corrected chi connectivity index (χ2v) is 5.09. The fourth-order valence-electron chi connectivity index (χ4n) is 1.52. The molecule has 104 valence electrons. The Morgan fingerprint density at radius 2 is 1.85 bits per heavy atom. The summed E-state index contributed by atoms with van der Waals surface area (Å²) in [5, 5.41) is 11.4. The summed E-state index contributed by atoms with van der Waals surface area (Å²) in [5.41, 5.74) is -0.411. The van der Waals surface area contributed by atoms with Gasteiger partial charge in [0.05, 0.1) is 5.56 Å². The molecule has 0 saturated carbocycles. The maximum Gasteiger partial charge on any atom is 0.258 e. The molecule has 0 radical (unpaired) electrons. The second kappa shape index (κ2) is 5.70. The highest BCUT2D eigenvalue weighted by atomic mass is 127. The third kappa shape index (κ3) is 2.87. The molecule has 2 aromatic rings. The van der Waals surface area contributed by atoms with Gasteiger partial charge in [-0.25, -0.2) is 8.78 Å². The highest BCUT2D eigenvalue weighted by molar-refractivity contribution is 14.1. The molecule has 2 rings (SSSR count). The van der Waals surface area contributed by atoms with Crippen molar-refractivity contribution in [2.45, 2.75) is 0 Å². The number of anilines is 1. The molecular formula is C13H7F3INO2. The van der Waals surface area contributed by atoms with E-state index < -0.39 is 34.7 Å². The van der Waals surface area contributed by atoms with E-state index in [1.165, 1.54) is 0 Å². The lowest BCUT2D eigenvalue weighted by Crippen LogP contribution is -2.15. The number of halogens is 4. The second-order valence-electron chi connectivity index (χ2n) is 3.85. The molecule has 20 heavy (non-hydrogen) atoms. The van der Waals surface area contributed by atoms with Crippen LogP contribution in [0.2, 0.25) is 0 Å². The maximum atomic E-state index is 13.6. The normalized spacial score (nSPS) is 10.4. The zero-order chi connectivity index (χ0) is 14.9. The number of hydrogen-bond donors (Lipinski definition) is 2. The summed E-state index contributed by atoms with van der Waals surface area (Å²) in [6.07, 6.45) is 0. The fraction of sp³-hybridized carbons (Fsp3) is 0. The Labute approximate surface area is 125 Å². The van der Waals surface area contributed by atoms with Crippen LogP contribution in [0.5, 0.6) is 5.75 Å². The molecule has 3 nitrogen and oxygen atoms in total. The Morgan fingerprint density at radius 3 is 2.50 bits per heavy atom. The van der Waals surface area contributed by atoms with Crippen LogP contribution in [0.3, 0.4) is 0 Å². The van der Waals surface area contributed by atoms with E-state index in [0.29, 0.717) is 11.8 Å². The van der Waals surface area contributed by atoms with Crippen molar-refractivity contribution in [3.05, 3.63) is 56.9 Å². The Kier molecular flexibility index (Phi) is 4.17. The van der Waals surface area contributed by atoms with Gasteiger partial charge in [0.25, 0.3) is 5.91 Å². The summed E-state index contributed by atoms with van der Waals surface area (Å²) in [5.74, 6) is -7.24. The number of nitrogens with one attached hydrogen (secondary N) is 1. The number of benzene rings is 2. The maximum absolute atomic E-state index is 13.6. The Hall–Kier alpha value is -1.77. The molecule has 2 N–H and O–H groups in total. The van der Waals surface area contributed by atoms with Crippen LogP contribution in [-0.2, 0) is 0 Å². The molecule has 0 saturated heterocycles. The first-order valence-electron chi connectivity index (χ1n) is 5.33. The van der Waals surface area contributed by atoms with Gasteiger partial charge in [0.1, 0.15) is 0 Å². The molecule has 0 bridgehead atoms. The molecular weight excluding hydrogens is 386 g/mol. The van der Waals surface area contributed by atoms with E-state index in [1.54, 1.807) is 24.3 Å². The lowest BCUT2D eigenvalue weighted by molar-refractivity contribution is 0.102. The van der Waals surface area contributed by atoms with E-state index in [1.807, 2.05) is 22.6 Å². The smallest absolute Gasteiger partial charge is 0.258 e. The lowest BCUT2D eigenvalue weighted by atomic mass is 10.1. The summed E-state index contributed by atoms with van der Waals surface area (Å²) in [6, 6.07) is 7.00. The van der Waals surface area contributed by atoms with Crippen molar-refractivity contribution in [2.75, 3.05) is 5.32 Å². The number of carbonyl (C=O) groups excluding carboxylic acids is 1. The van der Waals surface area contributed by atoms with Crippen molar-refractivity contribution >= 4 is 34.2 Å². The summed E-state index contributed by atoms with van der Waals surface area (Å²) in [7, 11) is 0. The topological polar surface area (TPSA) is 49.3 Å². The molecule has 0 aromatic heterocycles. The van der Waals surface area contributed by atoms with E-state index >= 15 is 0 Å². The van der Waals surface area contributed by atoms with Crippen LogP contribution in [-0.4, -0.2) is 11.0 Å². The van der Waals surface area contributed by atoms with Crippen molar-refractivity contribution in [1.82, 2.24) is 0 Å². The third-order valence-corrected chi connectivity index (χ3v) is 3.13. The lowest BCUT2D eigenvalue weighted by Gasteiger charge is -2.08. The van der Waals surface area contributed by atoms with Gasteiger partial charge in [0.2, 0.25) is 5.82 Å². The van der Waals surface area contributed by atoms with Gasteiger partial charge in [0, 0.05) is 9.26 Å². The number of hydrogen-bond acceptors (Lipinski definition) is 2. The van der Waals surface area contributed by atoms with E-state index in [9.17, 15) is 18.0 Å². The van der Waals surface area contributed by atoms with Gasteiger partial charge in [-0.2, -0.15) is 4.39 Å². The monoisotopic (exact) mass is 393 g/mol. The number of amides is 1. The van der Waals surface area contributed by atoms with Crippen LogP contribution < -0.4 is 5.32 Å². The minimum atomic E-state index is -1.73. The van der Waals surface area contributed by atoms with Crippen molar-refractivity contribution in [3.63, 3.8) is 0 Å². The number of phenols is 1. The summed E-state index contributed by atoms with van der Waals surface area (Å²) >= 11 is 2.01. The molecule has 1 amide bonds. The minimum absolute atomic E-state index is 0.366. The van der Waals surface area contributed by atoms with E-state index in [0.717, 1.165) is 3.57 Å². The van der Waals surface area contributed by atoms with Gasteiger partial charge in [-0.1, -0.05) is 6.07 Å². The van der Waals surface area contributed by atoms with Gasteiger partial charge < -0.3 is 10.4 Å². The predicted molar refractivity (Wildman–Crippen MR) is 75.1 cm³/mol. The van der Waals surface area contributed by atoms with Gasteiger partial charge in [-0.3, -0.25) is 4.79 Å². The van der Waals surface area contributed by atoms with Crippen LogP contribution in [0, 0.1) is 21.0 Å². The molecule has 7 heteroatoms. The largest absolute Gasteiger partial charge is 0.503 e. The van der Waals surface area contributed by atoms with Crippen LogP contribution in [0.15, 0.2) is 30.3 Å². The first kappa shape index (κ1) is 14.6. The Balaban J connectivity index is 2.35. The molecule has 0 aliphatic heterocycles. The molecule has 0 heterocycles. The van der Waals surface area contributed by atoms with E-state index in [-0.39, 0.29) is 0 Å². The molecule has 0 spiro atoms. The van der Waals surface area contributed by atoms with Crippen LogP contribution in [0.25, 0.3) is 0 Å². The van der Waals surface area contributed by atoms with Crippen LogP contribution >= 0.6 is 22.6 Å². The number of rotatable bonds is 2. The number of carbonyl (C=O) groups is 1. The van der Waals surface area contributed by atoms with Gasteiger partial charge in [0.15, 0.2) is 17.4 Å². The molecule has 0 unspecified atom stereocenters. The van der Waals surface area contributed by atoms with Crippen LogP contribution in [0.4, 0.5) is 18.9 Å². The highest BCUT2D eigenvalue weighted by Gasteiger charge is 2.22. The minimum Gasteiger partial charge on any atom is -0.503 e. The molecule has 0 fully saturated rings. The Morgan fingerprint density at radius 1 is 1.15 bits per heavy atom. The van der Waals surface area contributed by atoms with E-state index in [2.05, 4.69) is 5.32 Å². The fourth-order valence-corrected chi connectivity index (χ4v) is 2.06. The zero-order valence-electron chi connectivity index (χ0n) is 9.75. The predicted octanol–water partition coefficient (Wildman–Crippen LogP) is 3.67. The highest BCUT2D eigenvalue weighted by Crippen LogP contribution is 2.26. The number of phenolic OH excluding ortho intramolecular Hbond substituents is 1. The summed E-state index contributed by atoms with van der Waals surface area (Å²) in [4.78, 5) is 11.8. The molecule has 0 atom stereocenters. The zero-order valence-corrected chi connectivity index (χ0v) is 11.9. The average molecular weight is 393 g/mol. The van der Waals surface area contributed by atoms with Crippen molar-refractivity contribution in [2.24, 2.45) is 0 Å².